The van der Waals surface area contributed by atoms with Gasteiger partial charge in [0.15, 0.2) is 5.69 Å². The summed E-state index contributed by atoms with van der Waals surface area (Å²) in [6, 6.07) is 6.60. The van der Waals surface area contributed by atoms with Crippen molar-refractivity contribution in [1.29, 1.82) is 5.26 Å². The van der Waals surface area contributed by atoms with Gasteiger partial charge < -0.3 is 25.8 Å². The second-order valence-electron chi connectivity index (χ2n) is 5.94. The third-order valence-electron chi connectivity index (χ3n) is 4.03. The molecule has 0 unspecified atom stereocenters. The lowest BCUT2D eigenvalue weighted by Gasteiger charge is -2.18. The average molecular weight is 409 g/mol. The Morgan fingerprint density at radius 3 is 2.66 bits per heavy atom. The molecule has 0 fully saturated rings. The zero-order chi connectivity index (χ0) is 21.8. The lowest BCUT2D eigenvalue weighted by Crippen LogP contribution is -2.29. The number of ether oxygens (including phenoxy) is 1. The molecule has 1 aromatic heterocycles. The average Bonchev–Trinajstić information content (AvgIpc) is 2.67. The quantitative estimate of drug-likeness (QED) is 0.669. The smallest absolute Gasteiger partial charge is 0.419 e. The van der Waals surface area contributed by atoms with Crippen LogP contribution in [-0.4, -0.2) is 48.3 Å². The molecule has 0 saturated carbocycles. The third-order valence-corrected chi connectivity index (χ3v) is 4.03. The largest absolute Gasteiger partial charge is 0.491 e. The highest BCUT2D eigenvalue weighted by atomic mass is 19.4. The highest BCUT2D eigenvalue weighted by Gasteiger charge is 2.35. The number of nitrogens with zero attached hydrogens (tertiary/aromatic N) is 3. The first-order valence-corrected chi connectivity index (χ1v) is 8.25. The van der Waals surface area contributed by atoms with Gasteiger partial charge in [-0.05, 0) is 24.3 Å². The van der Waals surface area contributed by atoms with Crippen LogP contribution in [0.25, 0.3) is 11.3 Å². The molecule has 0 aliphatic heterocycles. The number of hydrogen-bond donors (Lipinski definition) is 3. The number of nitrogens with one attached hydrogen (secondary N) is 1. The Kier molecular flexibility index (Phi) is 6.38. The summed E-state index contributed by atoms with van der Waals surface area (Å²) in [6.07, 6.45) is -5.94. The number of pyridine rings is 1. The molecule has 0 aliphatic carbocycles. The summed E-state index contributed by atoms with van der Waals surface area (Å²) in [5, 5.41) is 20.7. The summed E-state index contributed by atoms with van der Waals surface area (Å²) in [7, 11) is 2.83. The van der Waals surface area contributed by atoms with Gasteiger partial charge in [0.05, 0.1) is 29.2 Å². The van der Waals surface area contributed by atoms with E-state index >= 15 is 0 Å². The Morgan fingerprint density at radius 1 is 1.41 bits per heavy atom. The summed E-state index contributed by atoms with van der Waals surface area (Å²) < 4.78 is 45.7. The number of amides is 1. The number of aromatic nitrogens is 1. The Morgan fingerprint density at radius 2 is 2.10 bits per heavy atom. The van der Waals surface area contributed by atoms with Crippen molar-refractivity contribution >= 4 is 17.5 Å². The molecule has 0 aliphatic rings. The summed E-state index contributed by atoms with van der Waals surface area (Å²) in [5.74, 6) is -0.440. The van der Waals surface area contributed by atoms with Crippen molar-refractivity contribution in [2.24, 2.45) is 0 Å². The van der Waals surface area contributed by atoms with Crippen molar-refractivity contribution in [3.8, 4) is 23.1 Å². The van der Waals surface area contributed by atoms with Crippen LogP contribution in [-0.2, 0) is 6.18 Å². The van der Waals surface area contributed by atoms with Gasteiger partial charge in [-0.25, -0.2) is 9.78 Å². The van der Waals surface area contributed by atoms with Crippen LogP contribution in [0.2, 0.25) is 0 Å². The molecular weight excluding hydrogens is 391 g/mol. The number of carbonyl (C=O) groups is 1. The molecule has 0 atom stereocenters. The SMILES string of the molecule is CNc1cc(-c2ccc(OCCN(C)C(=O)O)c(C(F)(F)F)c2)nc(C#N)c1N. The summed E-state index contributed by atoms with van der Waals surface area (Å²) in [6.45, 7) is -0.362. The van der Waals surface area contributed by atoms with Gasteiger partial charge in [-0.15, -0.1) is 0 Å². The minimum absolute atomic E-state index is 0.0947. The molecule has 1 aromatic carbocycles. The molecule has 0 radical (unpaired) electrons. The number of nitrogen functional groups attached to an aromatic ring is 1. The predicted octanol–water partition coefficient (Wildman–Crippen LogP) is 3.25. The van der Waals surface area contributed by atoms with Gasteiger partial charge in [-0.2, -0.15) is 18.4 Å². The first-order valence-electron chi connectivity index (χ1n) is 8.25. The molecule has 29 heavy (non-hydrogen) atoms. The van der Waals surface area contributed by atoms with Gasteiger partial charge >= 0.3 is 12.3 Å². The van der Waals surface area contributed by atoms with Gasteiger partial charge in [0, 0.05) is 19.7 Å². The minimum atomic E-state index is -4.72. The van der Waals surface area contributed by atoms with E-state index in [1.807, 2.05) is 6.07 Å². The van der Waals surface area contributed by atoms with Crippen LogP contribution in [0.5, 0.6) is 5.75 Å². The van der Waals surface area contributed by atoms with Gasteiger partial charge in [0.1, 0.15) is 18.4 Å². The predicted molar refractivity (Wildman–Crippen MR) is 99.5 cm³/mol. The van der Waals surface area contributed by atoms with E-state index in [9.17, 15) is 18.0 Å². The zero-order valence-electron chi connectivity index (χ0n) is 15.5. The van der Waals surface area contributed by atoms with Gasteiger partial charge in [-0.1, -0.05) is 0 Å². The van der Waals surface area contributed by atoms with E-state index in [1.165, 1.54) is 19.2 Å². The monoisotopic (exact) mass is 409 g/mol. The minimum Gasteiger partial charge on any atom is -0.491 e. The van der Waals surface area contributed by atoms with E-state index in [0.29, 0.717) is 5.69 Å². The molecule has 0 spiro atoms. The molecule has 1 amide bonds. The van der Waals surface area contributed by atoms with E-state index in [1.54, 1.807) is 7.05 Å². The zero-order valence-corrected chi connectivity index (χ0v) is 15.5. The lowest BCUT2D eigenvalue weighted by molar-refractivity contribution is -0.138. The van der Waals surface area contributed by atoms with Crippen molar-refractivity contribution in [3.05, 3.63) is 35.5 Å². The fourth-order valence-electron chi connectivity index (χ4n) is 2.42. The van der Waals surface area contributed by atoms with Crippen LogP contribution in [0.4, 0.5) is 29.3 Å². The topological polar surface area (TPSA) is 124 Å². The number of halogens is 3. The second-order valence-corrected chi connectivity index (χ2v) is 5.94. The number of rotatable bonds is 6. The standard InChI is InChI=1S/C18H18F3N5O3/c1-24-13-8-12(25-14(9-22)16(13)23)10-3-4-15(11(7-10)18(19,20)21)29-6-5-26(2)17(27)28/h3-4,7-8H,5-6,23H2,1-2H3,(H,24,25)(H,27,28). The molecule has 11 heteroatoms. The van der Waals surface area contributed by atoms with Crippen molar-refractivity contribution in [3.63, 3.8) is 0 Å². The Balaban J connectivity index is 2.42. The van der Waals surface area contributed by atoms with Crippen molar-refractivity contribution in [2.75, 3.05) is 38.3 Å². The molecule has 0 saturated heterocycles. The third kappa shape index (κ3) is 4.98. The van der Waals surface area contributed by atoms with Crippen LogP contribution in [0.1, 0.15) is 11.3 Å². The Bertz CT molecular complexity index is 957. The number of likely N-dealkylation sites (N-methyl/N-ethyl adjacent to an activating group) is 1. The van der Waals surface area contributed by atoms with Crippen LogP contribution in [0.15, 0.2) is 24.3 Å². The second kappa shape index (κ2) is 8.55. The highest BCUT2D eigenvalue weighted by molar-refractivity contribution is 5.77. The van der Waals surface area contributed by atoms with Gasteiger partial charge in [0.25, 0.3) is 0 Å². The summed E-state index contributed by atoms with van der Waals surface area (Å²) in [4.78, 5) is 15.7. The molecule has 154 valence electrons. The fourth-order valence-corrected chi connectivity index (χ4v) is 2.42. The number of nitriles is 1. The molecule has 2 rings (SSSR count). The van der Waals surface area contributed by atoms with Crippen molar-refractivity contribution in [2.45, 2.75) is 6.18 Å². The highest BCUT2D eigenvalue weighted by Crippen LogP contribution is 2.39. The lowest BCUT2D eigenvalue weighted by atomic mass is 10.0. The number of nitrogens with two attached hydrogens (primary N) is 1. The van der Waals surface area contributed by atoms with Crippen LogP contribution >= 0.6 is 0 Å². The number of hydrogen-bond acceptors (Lipinski definition) is 6. The number of carboxylic acid groups (broad SMARTS) is 1. The maximum absolute atomic E-state index is 13.5. The number of benzene rings is 1. The summed E-state index contributed by atoms with van der Waals surface area (Å²) >= 11 is 0. The molecule has 0 bridgehead atoms. The van der Waals surface area contributed by atoms with E-state index in [2.05, 4.69) is 10.3 Å². The van der Waals surface area contributed by atoms with Gasteiger partial charge in [0.2, 0.25) is 0 Å². The molecule has 8 nitrogen and oxygen atoms in total. The van der Waals surface area contributed by atoms with Crippen LogP contribution in [0.3, 0.4) is 0 Å². The van der Waals surface area contributed by atoms with Crippen LogP contribution < -0.4 is 15.8 Å². The summed E-state index contributed by atoms with van der Waals surface area (Å²) in [5.41, 5.74) is 5.32. The molecule has 4 N–H and O–H groups in total. The van der Waals surface area contributed by atoms with E-state index in [4.69, 9.17) is 20.8 Å². The van der Waals surface area contributed by atoms with Crippen molar-refractivity contribution < 1.29 is 27.8 Å². The first kappa shape index (κ1) is 21.6. The molecular formula is C18H18F3N5O3. The molecule has 2 aromatic rings. The maximum atomic E-state index is 13.5. The van der Waals surface area contributed by atoms with E-state index in [-0.39, 0.29) is 35.8 Å². The number of alkyl halides is 3. The first-order chi connectivity index (χ1) is 13.6. The fraction of sp³-hybridized carbons (Fsp3) is 0.278. The van der Waals surface area contributed by atoms with Gasteiger partial charge in [-0.3, -0.25) is 0 Å². The van der Waals surface area contributed by atoms with Crippen LogP contribution in [0, 0.1) is 11.3 Å². The normalized spacial score (nSPS) is 10.9. The maximum Gasteiger partial charge on any atom is 0.419 e. The Labute approximate surface area is 164 Å². The Hall–Kier alpha value is -3.68. The number of anilines is 2. The van der Waals surface area contributed by atoms with Crippen molar-refractivity contribution in [1.82, 2.24) is 9.88 Å². The van der Waals surface area contributed by atoms with E-state index in [0.717, 1.165) is 17.0 Å². The van der Waals surface area contributed by atoms with E-state index < -0.39 is 23.6 Å². The molecule has 1 heterocycles.